The number of rotatable bonds is 1. The molecule has 0 spiro atoms. The Morgan fingerprint density at radius 1 is 1.50 bits per heavy atom. The lowest BCUT2D eigenvalue weighted by atomic mass is 9.91. The third-order valence-corrected chi connectivity index (χ3v) is 2.66. The molecule has 14 heavy (non-hydrogen) atoms. The van der Waals surface area contributed by atoms with Gasteiger partial charge in [-0.05, 0) is 6.92 Å². The standard InChI is InChI=1S/C9H13NO3S/c1-5-10-7(9(2,3)4)6(14-5)8(11)13-12/h12H,1-4H3. The van der Waals surface area contributed by atoms with Crippen molar-refractivity contribution in [3.63, 3.8) is 0 Å². The summed E-state index contributed by atoms with van der Waals surface area (Å²) in [5.74, 6) is -0.736. The summed E-state index contributed by atoms with van der Waals surface area (Å²) in [7, 11) is 0. The fourth-order valence-corrected chi connectivity index (χ4v) is 2.12. The molecule has 0 bridgehead atoms. The van der Waals surface area contributed by atoms with Crippen LogP contribution >= 0.6 is 11.3 Å². The lowest BCUT2D eigenvalue weighted by Gasteiger charge is -2.16. The second kappa shape index (κ2) is 3.67. The van der Waals surface area contributed by atoms with E-state index in [4.69, 9.17) is 5.26 Å². The SMILES string of the molecule is Cc1nc(C(C)(C)C)c(C(=O)OO)s1. The van der Waals surface area contributed by atoms with Gasteiger partial charge in [-0.25, -0.2) is 9.78 Å². The van der Waals surface area contributed by atoms with Crippen molar-refractivity contribution in [3.05, 3.63) is 15.6 Å². The van der Waals surface area contributed by atoms with E-state index in [9.17, 15) is 4.79 Å². The molecular weight excluding hydrogens is 202 g/mol. The number of hydrogen-bond donors (Lipinski definition) is 1. The Bertz CT molecular complexity index is 351. The van der Waals surface area contributed by atoms with Crippen LogP contribution in [0.5, 0.6) is 0 Å². The molecular formula is C9H13NO3S. The summed E-state index contributed by atoms with van der Waals surface area (Å²) in [4.78, 5) is 19.5. The minimum absolute atomic E-state index is 0.228. The lowest BCUT2D eigenvalue weighted by molar-refractivity contribution is -0.182. The number of aryl methyl sites for hydroxylation is 1. The van der Waals surface area contributed by atoms with Crippen LogP contribution in [0.4, 0.5) is 0 Å². The Morgan fingerprint density at radius 2 is 2.07 bits per heavy atom. The molecule has 1 rings (SSSR count). The summed E-state index contributed by atoms with van der Waals surface area (Å²) >= 11 is 1.23. The smallest absolute Gasteiger partial charge is 0.294 e. The molecule has 0 aromatic carbocycles. The van der Waals surface area contributed by atoms with Gasteiger partial charge in [0.2, 0.25) is 0 Å². The van der Waals surface area contributed by atoms with Crippen LogP contribution in [0.3, 0.4) is 0 Å². The first-order chi connectivity index (χ1) is 6.36. The molecule has 0 atom stereocenters. The molecule has 1 aromatic heterocycles. The first-order valence-electron chi connectivity index (χ1n) is 4.20. The van der Waals surface area contributed by atoms with Crippen LogP contribution < -0.4 is 0 Å². The number of carbonyl (C=O) groups excluding carboxylic acids is 1. The quantitative estimate of drug-likeness (QED) is 0.577. The van der Waals surface area contributed by atoms with E-state index in [1.165, 1.54) is 11.3 Å². The highest BCUT2D eigenvalue weighted by atomic mass is 32.1. The van der Waals surface area contributed by atoms with Crippen LogP contribution in [-0.4, -0.2) is 16.2 Å². The third-order valence-electron chi connectivity index (χ3n) is 1.71. The van der Waals surface area contributed by atoms with Crippen molar-refractivity contribution in [2.45, 2.75) is 33.1 Å². The van der Waals surface area contributed by atoms with E-state index in [1.54, 1.807) is 0 Å². The fourth-order valence-electron chi connectivity index (χ4n) is 1.12. The highest BCUT2D eigenvalue weighted by Crippen LogP contribution is 2.29. The molecule has 0 radical (unpaired) electrons. The first-order valence-corrected chi connectivity index (χ1v) is 5.01. The predicted molar refractivity (Wildman–Crippen MR) is 53.6 cm³/mol. The maximum atomic E-state index is 11.2. The Kier molecular flexibility index (Phi) is 2.92. The highest BCUT2D eigenvalue weighted by Gasteiger charge is 2.27. The van der Waals surface area contributed by atoms with Gasteiger partial charge in [0, 0.05) is 5.41 Å². The van der Waals surface area contributed by atoms with Crippen molar-refractivity contribution in [1.29, 1.82) is 0 Å². The molecule has 1 aromatic rings. The van der Waals surface area contributed by atoms with Crippen LogP contribution in [0.2, 0.25) is 0 Å². The molecule has 1 N–H and O–H groups in total. The Morgan fingerprint density at radius 3 is 2.50 bits per heavy atom. The van der Waals surface area contributed by atoms with Gasteiger partial charge in [-0.15, -0.1) is 11.3 Å². The van der Waals surface area contributed by atoms with Gasteiger partial charge in [-0.1, -0.05) is 20.8 Å². The van der Waals surface area contributed by atoms with Gasteiger partial charge < -0.3 is 0 Å². The molecule has 0 fully saturated rings. The molecule has 0 unspecified atom stereocenters. The Labute approximate surface area is 86.5 Å². The Balaban J connectivity index is 3.23. The van der Waals surface area contributed by atoms with Gasteiger partial charge in [-0.3, -0.25) is 4.89 Å². The second-order valence-corrected chi connectivity index (χ2v) is 5.24. The van der Waals surface area contributed by atoms with E-state index in [0.29, 0.717) is 10.6 Å². The van der Waals surface area contributed by atoms with E-state index in [0.717, 1.165) is 5.01 Å². The minimum atomic E-state index is -0.736. The van der Waals surface area contributed by atoms with Gasteiger partial charge in [0.1, 0.15) is 4.88 Å². The molecule has 0 saturated carbocycles. The molecule has 78 valence electrons. The van der Waals surface area contributed by atoms with E-state index >= 15 is 0 Å². The van der Waals surface area contributed by atoms with Crippen LogP contribution in [-0.2, 0) is 10.3 Å². The molecule has 0 amide bonds. The van der Waals surface area contributed by atoms with E-state index < -0.39 is 5.97 Å². The predicted octanol–water partition coefficient (Wildman–Crippen LogP) is 2.38. The highest BCUT2D eigenvalue weighted by molar-refractivity contribution is 7.13. The third kappa shape index (κ3) is 2.10. The number of hydrogen-bond acceptors (Lipinski definition) is 5. The van der Waals surface area contributed by atoms with Crippen molar-refractivity contribution >= 4 is 17.3 Å². The monoisotopic (exact) mass is 215 g/mol. The van der Waals surface area contributed by atoms with Crippen molar-refractivity contribution in [3.8, 4) is 0 Å². The van der Waals surface area contributed by atoms with Crippen molar-refractivity contribution in [2.75, 3.05) is 0 Å². The molecule has 5 heteroatoms. The van der Waals surface area contributed by atoms with Crippen molar-refractivity contribution in [2.24, 2.45) is 0 Å². The maximum absolute atomic E-state index is 11.2. The van der Waals surface area contributed by atoms with E-state index in [1.807, 2.05) is 27.7 Å². The van der Waals surface area contributed by atoms with Crippen molar-refractivity contribution in [1.82, 2.24) is 4.98 Å². The van der Waals surface area contributed by atoms with Gasteiger partial charge in [0.15, 0.2) is 0 Å². The molecule has 0 saturated heterocycles. The van der Waals surface area contributed by atoms with Gasteiger partial charge >= 0.3 is 5.97 Å². The Hall–Kier alpha value is -0.940. The van der Waals surface area contributed by atoms with E-state index in [2.05, 4.69) is 9.87 Å². The topological polar surface area (TPSA) is 59.4 Å². The minimum Gasteiger partial charge on any atom is -0.294 e. The molecule has 0 aliphatic carbocycles. The summed E-state index contributed by atoms with van der Waals surface area (Å²) in [6.07, 6.45) is 0. The molecule has 0 aliphatic rings. The summed E-state index contributed by atoms with van der Waals surface area (Å²) in [5.41, 5.74) is 0.438. The lowest BCUT2D eigenvalue weighted by Crippen LogP contribution is -2.16. The largest absolute Gasteiger partial charge is 0.384 e. The summed E-state index contributed by atoms with van der Waals surface area (Å²) in [5, 5.41) is 9.10. The number of nitrogens with zero attached hydrogens (tertiary/aromatic N) is 1. The van der Waals surface area contributed by atoms with Crippen LogP contribution in [0.25, 0.3) is 0 Å². The van der Waals surface area contributed by atoms with Crippen molar-refractivity contribution < 1.29 is 14.9 Å². The second-order valence-electron chi connectivity index (χ2n) is 4.04. The zero-order valence-corrected chi connectivity index (χ0v) is 9.44. The van der Waals surface area contributed by atoms with Gasteiger partial charge in [0.05, 0.1) is 10.7 Å². The maximum Gasteiger partial charge on any atom is 0.384 e. The van der Waals surface area contributed by atoms with Crippen LogP contribution in [0, 0.1) is 6.92 Å². The van der Waals surface area contributed by atoms with Crippen LogP contribution in [0.15, 0.2) is 0 Å². The average Bonchev–Trinajstić information content (AvgIpc) is 2.45. The zero-order chi connectivity index (χ0) is 10.9. The zero-order valence-electron chi connectivity index (χ0n) is 8.62. The number of thiazole rings is 1. The van der Waals surface area contributed by atoms with Gasteiger partial charge in [-0.2, -0.15) is 5.26 Å². The first kappa shape index (κ1) is 11.1. The fraction of sp³-hybridized carbons (Fsp3) is 0.556. The number of carbonyl (C=O) groups is 1. The normalized spacial score (nSPS) is 11.5. The average molecular weight is 215 g/mol. The molecule has 1 heterocycles. The summed E-state index contributed by atoms with van der Waals surface area (Å²) in [6, 6.07) is 0. The van der Waals surface area contributed by atoms with Crippen LogP contribution in [0.1, 0.15) is 41.1 Å². The summed E-state index contributed by atoms with van der Waals surface area (Å²) < 4.78 is 0. The van der Waals surface area contributed by atoms with Gasteiger partial charge in [0.25, 0.3) is 0 Å². The molecule has 0 aliphatic heterocycles. The summed E-state index contributed by atoms with van der Waals surface area (Å²) in [6.45, 7) is 7.68. The van der Waals surface area contributed by atoms with E-state index in [-0.39, 0.29) is 5.41 Å². The molecule has 4 nitrogen and oxygen atoms in total. The number of aromatic nitrogens is 1.